The van der Waals surface area contributed by atoms with Crippen molar-refractivity contribution in [3.05, 3.63) is 47.4 Å². The van der Waals surface area contributed by atoms with Crippen LogP contribution in [0.4, 0.5) is 0 Å². The van der Waals surface area contributed by atoms with Gasteiger partial charge in [0.1, 0.15) is 12.1 Å². The summed E-state index contributed by atoms with van der Waals surface area (Å²) in [6, 6.07) is 9.36. The van der Waals surface area contributed by atoms with Gasteiger partial charge in [0.25, 0.3) is 0 Å². The van der Waals surface area contributed by atoms with E-state index < -0.39 is 0 Å². The summed E-state index contributed by atoms with van der Waals surface area (Å²) in [4.78, 5) is 19.4. The van der Waals surface area contributed by atoms with E-state index in [2.05, 4.69) is 9.97 Å². The van der Waals surface area contributed by atoms with Gasteiger partial charge in [0.05, 0.1) is 5.69 Å². The number of hydrogen-bond acceptors (Lipinski definition) is 3. The van der Waals surface area contributed by atoms with Crippen LogP contribution in [0.15, 0.2) is 30.3 Å². The van der Waals surface area contributed by atoms with Crippen LogP contribution in [0.5, 0.6) is 0 Å². The van der Waals surface area contributed by atoms with Gasteiger partial charge in [0, 0.05) is 23.2 Å². The van der Waals surface area contributed by atoms with Crippen LogP contribution in [-0.2, 0) is 6.42 Å². The Kier molecular flexibility index (Phi) is 3.28. The van der Waals surface area contributed by atoms with Crippen molar-refractivity contribution in [3.63, 3.8) is 0 Å². The lowest BCUT2D eigenvalue weighted by Crippen LogP contribution is -1.97. The third kappa shape index (κ3) is 2.56. The van der Waals surface area contributed by atoms with Crippen LogP contribution in [0, 0.1) is 6.92 Å². The fourth-order valence-corrected chi connectivity index (χ4v) is 1.67. The van der Waals surface area contributed by atoms with Gasteiger partial charge in [-0.2, -0.15) is 0 Å². The molecular weight excluding hydrogens is 212 g/mol. The summed E-state index contributed by atoms with van der Waals surface area (Å²) >= 11 is 0. The summed E-state index contributed by atoms with van der Waals surface area (Å²) in [6.45, 7) is 4.00. The van der Waals surface area contributed by atoms with Crippen molar-refractivity contribution in [3.8, 4) is 11.3 Å². The predicted octanol–water partition coefficient (Wildman–Crippen LogP) is 2.83. The second-order valence-corrected chi connectivity index (χ2v) is 3.90. The lowest BCUT2D eigenvalue weighted by atomic mass is 10.1. The van der Waals surface area contributed by atoms with Crippen molar-refractivity contribution in [2.75, 3.05) is 0 Å². The molecule has 1 heterocycles. The average molecular weight is 226 g/mol. The van der Waals surface area contributed by atoms with E-state index in [1.165, 1.54) is 0 Å². The quantitative estimate of drug-likeness (QED) is 0.756. The average Bonchev–Trinajstić information content (AvgIpc) is 2.38. The van der Waals surface area contributed by atoms with Gasteiger partial charge in [-0.1, -0.05) is 31.2 Å². The largest absolute Gasteiger partial charge is 0.298 e. The molecule has 3 nitrogen and oxygen atoms in total. The molecule has 3 heteroatoms. The molecule has 0 fully saturated rings. The van der Waals surface area contributed by atoms with E-state index in [4.69, 9.17) is 0 Å². The molecule has 0 aliphatic carbocycles. The van der Waals surface area contributed by atoms with E-state index in [-0.39, 0.29) is 0 Å². The van der Waals surface area contributed by atoms with Crippen molar-refractivity contribution < 1.29 is 4.79 Å². The number of rotatable bonds is 3. The zero-order valence-corrected chi connectivity index (χ0v) is 9.97. The van der Waals surface area contributed by atoms with Crippen molar-refractivity contribution in [1.29, 1.82) is 0 Å². The highest BCUT2D eigenvalue weighted by atomic mass is 16.1. The molecule has 0 aliphatic heterocycles. The Hall–Kier alpha value is -2.03. The summed E-state index contributed by atoms with van der Waals surface area (Å²) in [7, 11) is 0. The summed E-state index contributed by atoms with van der Waals surface area (Å²) in [5.74, 6) is 0.847. The molecule has 0 bridgehead atoms. The Morgan fingerprint density at radius 2 is 1.88 bits per heavy atom. The molecule has 2 aromatic rings. The Balaban J connectivity index is 2.44. The van der Waals surface area contributed by atoms with Crippen molar-refractivity contribution in [2.45, 2.75) is 20.3 Å². The van der Waals surface area contributed by atoms with E-state index >= 15 is 0 Å². The second kappa shape index (κ2) is 4.87. The molecule has 0 aliphatic rings. The summed E-state index contributed by atoms with van der Waals surface area (Å²) in [5.41, 5.74) is 3.56. The number of carbonyl (C=O) groups is 1. The first-order valence-corrected chi connectivity index (χ1v) is 5.63. The molecule has 0 amide bonds. The molecule has 1 aromatic carbocycles. The highest BCUT2D eigenvalue weighted by Crippen LogP contribution is 2.18. The van der Waals surface area contributed by atoms with Crippen molar-refractivity contribution >= 4 is 6.29 Å². The van der Waals surface area contributed by atoms with E-state index in [0.717, 1.165) is 35.5 Å². The molecule has 1 aromatic heterocycles. The van der Waals surface area contributed by atoms with Gasteiger partial charge in [0.2, 0.25) is 0 Å². The maximum absolute atomic E-state index is 10.6. The number of benzene rings is 1. The highest BCUT2D eigenvalue weighted by molar-refractivity contribution is 5.76. The molecule has 0 spiro atoms. The normalized spacial score (nSPS) is 10.2. The molecular formula is C14H14N2O. The number of carbonyl (C=O) groups excluding carboxylic acids is 1. The first kappa shape index (κ1) is 11.5. The molecule has 2 rings (SSSR count). The fraction of sp³-hybridized carbons (Fsp3) is 0.214. The number of aldehydes is 1. The van der Waals surface area contributed by atoms with Crippen molar-refractivity contribution in [1.82, 2.24) is 9.97 Å². The van der Waals surface area contributed by atoms with Crippen LogP contribution in [-0.4, -0.2) is 16.3 Å². The Morgan fingerprint density at radius 1 is 1.18 bits per heavy atom. The van der Waals surface area contributed by atoms with E-state index in [1.54, 1.807) is 12.1 Å². The molecule has 17 heavy (non-hydrogen) atoms. The summed E-state index contributed by atoms with van der Waals surface area (Å²) in [6.07, 6.45) is 1.66. The van der Waals surface area contributed by atoms with E-state index in [9.17, 15) is 4.79 Å². The molecule has 0 saturated heterocycles. The van der Waals surface area contributed by atoms with Crippen LogP contribution in [0.2, 0.25) is 0 Å². The minimum absolute atomic E-state index is 0.676. The number of aromatic nitrogens is 2. The molecule has 0 N–H and O–H groups in total. The van der Waals surface area contributed by atoms with Crippen molar-refractivity contribution in [2.24, 2.45) is 0 Å². The second-order valence-electron chi connectivity index (χ2n) is 3.90. The van der Waals surface area contributed by atoms with Gasteiger partial charge in [-0.3, -0.25) is 4.79 Å². The van der Waals surface area contributed by atoms with Crippen LogP contribution in [0.25, 0.3) is 11.3 Å². The minimum Gasteiger partial charge on any atom is -0.298 e. The molecule has 0 atom stereocenters. The first-order valence-electron chi connectivity index (χ1n) is 5.63. The van der Waals surface area contributed by atoms with E-state index in [0.29, 0.717) is 5.56 Å². The third-order valence-corrected chi connectivity index (χ3v) is 2.56. The monoisotopic (exact) mass is 226 g/mol. The predicted molar refractivity (Wildman–Crippen MR) is 67.0 cm³/mol. The molecule has 0 saturated carbocycles. The van der Waals surface area contributed by atoms with Crippen LogP contribution >= 0.6 is 0 Å². The Labute approximate surface area is 101 Å². The zero-order valence-electron chi connectivity index (χ0n) is 9.97. The summed E-state index contributed by atoms with van der Waals surface area (Å²) < 4.78 is 0. The SMILES string of the molecule is CCc1nc(C)cc(-c2ccc(C=O)cc2)n1. The number of hydrogen-bond donors (Lipinski definition) is 0. The van der Waals surface area contributed by atoms with Gasteiger partial charge in [0.15, 0.2) is 0 Å². The number of aryl methyl sites for hydroxylation is 2. The summed E-state index contributed by atoms with van der Waals surface area (Å²) in [5, 5.41) is 0. The minimum atomic E-state index is 0.676. The van der Waals surface area contributed by atoms with Gasteiger partial charge in [-0.25, -0.2) is 9.97 Å². The zero-order chi connectivity index (χ0) is 12.3. The molecule has 0 radical (unpaired) electrons. The van der Waals surface area contributed by atoms with Gasteiger partial charge in [-0.15, -0.1) is 0 Å². The van der Waals surface area contributed by atoms with Gasteiger partial charge < -0.3 is 0 Å². The Morgan fingerprint density at radius 3 is 2.47 bits per heavy atom. The third-order valence-electron chi connectivity index (χ3n) is 2.56. The maximum atomic E-state index is 10.6. The van der Waals surface area contributed by atoms with Crippen LogP contribution in [0.1, 0.15) is 28.8 Å². The standard InChI is InChI=1S/C14H14N2O/c1-3-14-15-10(2)8-13(16-14)12-6-4-11(9-17)5-7-12/h4-9H,3H2,1-2H3. The van der Waals surface area contributed by atoms with Crippen LogP contribution in [0.3, 0.4) is 0 Å². The topological polar surface area (TPSA) is 42.9 Å². The number of nitrogens with zero attached hydrogens (tertiary/aromatic N) is 2. The lowest BCUT2D eigenvalue weighted by molar-refractivity contribution is 0.112. The lowest BCUT2D eigenvalue weighted by Gasteiger charge is -2.05. The van der Waals surface area contributed by atoms with Gasteiger partial charge >= 0.3 is 0 Å². The van der Waals surface area contributed by atoms with E-state index in [1.807, 2.05) is 32.0 Å². The first-order chi connectivity index (χ1) is 8.22. The highest BCUT2D eigenvalue weighted by Gasteiger charge is 2.03. The fourth-order valence-electron chi connectivity index (χ4n) is 1.67. The smallest absolute Gasteiger partial charge is 0.150 e. The molecule has 0 unspecified atom stereocenters. The Bertz CT molecular complexity index is 532. The van der Waals surface area contributed by atoms with Crippen LogP contribution < -0.4 is 0 Å². The molecule has 86 valence electrons. The van der Waals surface area contributed by atoms with Gasteiger partial charge in [-0.05, 0) is 13.0 Å². The maximum Gasteiger partial charge on any atom is 0.150 e.